The zero-order chi connectivity index (χ0) is 23.0. The Morgan fingerprint density at radius 3 is 2.42 bits per heavy atom. The average Bonchev–Trinajstić information content (AvgIpc) is 3.27. The Kier molecular flexibility index (Phi) is 7.76. The molecule has 0 saturated carbocycles. The number of aliphatic hydroxyl groups is 1. The van der Waals surface area contributed by atoms with Crippen LogP contribution in [0.1, 0.15) is 28.7 Å². The lowest BCUT2D eigenvalue weighted by Gasteiger charge is -2.27. The predicted molar refractivity (Wildman–Crippen MR) is 132 cm³/mol. The molecule has 1 aliphatic heterocycles. The highest BCUT2D eigenvalue weighted by Gasteiger charge is 2.26. The van der Waals surface area contributed by atoms with Crippen molar-refractivity contribution in [2.75, 3.05) is 19.7 Å². The van der Waals surface area contributed by atoms with Crippen LogP contribution in [0.15, 0.2) is 84.0 Å². The van der Waals surface area contributed by atoms with Gasteiger partial charge in [0, 0.05) is 31.6 Å². The van der Waals surface area contributed by atoms with Gasteiger partial charge in [-0.1, -0.05) is 78.0 Å². The van der Waals surface area contributed by atoms with E-state index < -0.39 is 6.10 Å². The van der Waals surface area contributed by atoms with Crippen molar-refractivity contribution >= 4 is 5.71 Å². The van der Waals surface area contributed by atoms with Crippen molar-refractivity contribution < 1.29 is 14.7 Å². The monoisotopic (exact) mass is 444 g/mol. The molecule has 3 aromatic rings. The number of aryl methyl sites for hydroxylation is 2. The van der Waals surface area contributed by atoms with Crippen LogP contribution in [0.4, 0.5) is 0 Å². The molecule has 1 aliphatic rings. The summed E-state index contributed by atoms with van der Waals surface area (Å²) in [6.45, 7) is 6.23. The quantitative estimate of drug-likeness (QED) is 0.491. The van der Waals surface area contributed by atoms with Crippen molar-refractivity contribution in [2.24, 2.45) is 5.16 Å². The minimum absolute atomic E-state index is 0.0483. The Morgan fingerprint density at radius 2 is 1.67 bits per heavy atom. The van der Waals surface area contributed by atoms with Crippen molar-refractivity contribution in [3.8, 4) is 5.75 Å². The SMILES string of the molecule is Cc1ccccc1OC[C@H](O)CN(Cc1ccccc1)C[C@H]1CC(c2ccccc2C)=NO1. The zero-order valence-electron chi connectivity index (χ0n) is 19.4. The van der Waals surface area contributed by atoms with Crippen LogP contribution >= 0.6 is 0 Å². The van der Waals surface area contributed by atoms with E-state index in [1.807, 2.05) is 61.5 Å². The number of hydrogen-bond donors (Lipinski definition) is 1. The van der Waals surface area contributed by atoms with Crippen molar-refractivity contribution in [1.29, 1.82) is 0 Å². The summed E-state index contributed by atoms with van der Waals surface area (Å²) in [5, 5.41) is 15.1. The lowest BCUT2D eigenvalue weighted by Crippen LogP contribution is -2.39. The second-order valence-electron chi connectivity index (χ2n) is 8.69. The fourth-order valence-corrected chi connectivity index (χ4v) is 4.17. The zero-order valence-corrected chi connectivity index (χ0v) is 19.4. The van der Waals surface area contributed by atoms with Gasteiger partial charge in [0.05, 0.1) is 5.71 Å². The van der Waals surface area contributed by atoms with Gasteiger partial charge in [-0.3, -0.25) is 4.90 Å². The fourth-order valence-electron chi connectivity index (χ4n) is 4.17. The fraction of sp³-hybridized carbons (Fsp3) is 0.321. The highest BCUT2D eigenvalue weighted by molar-refractivity contribution is 6.02. The van der Waals surface area contributed by atoms with Crippen LogP contribution in [0, 0.1) is 13.8 Å². The maximum absolute atomic E-state index is 10.8. The van der Waals surface area contributed by atoms with Crippen molar-refractivity contribution in [3.63, 3.8) is 0 Å². The van der Waals surface area contributed by atoms with E-state index in [4.69, 9.17) is 9.57 Å². The minimum atomic E-state index is -0.619. The van der Waals surface area contributed by atoms with Crippen molar-refractivity contribution in [1.82, 2.24) is 4.90 Å². The largest absolute Gasteiger partial charge is 0.491 e. The van der Waals surface area contributed by atoms with E-state index in [0.717, 1.165) is 35.6 Å². The number of ether oxygens (including phenoxy) is 1. The number of oxime groups is 1. The third kappa shape index (κ3) is 6.44. The summed E-state index contributed by atoms with van der Waals surface area (Å²) in [7, 11) is 0. The van der Waals surface area contributed by atoms with Crippen LogP contribution in [-0.2, 0) is 11.4 Å². The van der Waals surface area contributed by atoms with Crippen molar-refractivity contribution in [2.45, 2.75) is 39.0 Å². The third-order valence-corrected chi connectivity index (χ3v) is 5.89. The summed E-state index contributed by atoms with van der Waals surface area (Å²) < 4.78 is 5.88. The first-order valence-corrected chi connectivity index (χ1v) is 11.5. The Labute approximate surface area is 196 Å². The van der Waals surface area contributed by atoms with E-state index in [9.17, 15) is 5.11 Å². The normalized spacial score (nSPS) is 16.4. The van der Waals surface area contributed by atoms with Gasteiger partial charge < -0.3 is 14.7 Å². The molecule has 0 amide bonds. The molecule has 5 nitrogen and oxygen atoms in total. The van der Waals surface area contributed by atoms with Crippen LogP contribution in [0.2, 0.25) is 0 Å². The topological polar surface area (TPSA) is 54.3 Å². The molecule has 0 aliphatic carbocycles. The van der Waals surface area contributed by atoms with Gasteiger partial charge in [0.15, 0.2) is 0 Å². The second-order valence-corrected chi connectivity index (χ2v) is 8.69. The molecule has 0 saturated heterocycles. The molecule has 2 atom stereocenters. The molecule has 0 spiro atoms. The summed E-state index contributed by atoms with van der Waals surface area (Å²) >= 11 is 0. The molecular weight excluding hydrogens is 412 g/mol. The highest BCUT2D eigenvalue weighted by Crippen LogP contribution is 2.21. The number of hydrogen-bond acceptors (Lipinski definition) is 5. The number of aliphatic hydroxyl groups excluding tert-OH is 1. The van der Waals surface area contributed by atoms with E-state index in [1.165, 1.54) is 11.1 Å². The van der Waals surface area contributed by atoms with Crippen LogP contribution < -0.4 is 4.74 Å². The Bertz CT molecular complexity index is 1070. The molecule has 0 fully saturated rings. The summed E-state index contributed by atoms with van der Waals surface area (Å²) in [6, 6.07) is 26.4. The molecule has 4 rings (SSSR count). The van der Waals surface area contributed by atoms with Gasteiger partial charge in [0.1, 0.15) is 24.6 Å². The molecule has 172 valence electrons. The van der Waals surface area contributed by atoms with Crippen LogP contribution in [-0.4, -0.2) is 47.6 Å². The minimum Gasteiger partial charge on any atom is -0.491 e. The Hall–Kier alpha value is -3.15. The van der Waals surface area contributed by atoms with E-state index in [2.05, 4.69) is 41.2 Å². The molecule has 5 heteroatoms. The molecule has 1 N–H and O–H groups in total. The lowest BCUT2D eigenvalue weighted by atomic mass is 10.00. The predicted octanol–water partition coefficient (Wildman–Crippen LogP) is 4.74. The molecule has 0 radical (unpaired) electrons. The van der Waals surface area contributed by atoms with E-state index >= 15 is 0 Å². The van der Waals surface area contributed by atoms with Crippen molar-refractivity contribution in [3.05, 3.63) is 101 Å². The molecule has 1 heterocycles. The average molecular weight is 445 g/mol. The van der Waals surface area contributed by atoms with Gasteiger partial charge in [0.2, 0.25) is 0 Å². The molecule has 0 bridgehead atoms. The molecule has 3 aromatic carbocycles. The molecule has 0 aromatic heterocycles. The van der Waals surface area contributed by atoms with Crippen LogP contribution in [0.3, 0.4) is 0 Å². The first kappa shape index (κ1) is 23.0. The first-order valence-electron chi connectivity index (χ1n) is 11.5. The van der Waals surface area contributed by atoms with E-state index in [1.54, 1.807) is 0 Å². The van der Waals surface area contributed by atoms with E-state index in [-0.39, 0.29) is 12.7 Å². The maximum Gasteiger partial charge on any atom is 0.145 e. The maximum atomic E-state index is 10.8. The summed E-state index contributed by atoms with van der Waals surface area (Å²) in [6.07, 6.45) is 0.0886. The van der Waals surface area contributed by atoms with Crippen LogP contribution in [0.5, 0.6) is 5.75 Å². The Morgan fingerprint density at radius 1 is 0.970 bits per heavy atom. The van der Waals surface area contributed by atoms with Gasteiger partial charge in [-0.15, -0.1) is 0 Å². The second kappa shape index (κ2) is 11.1. The molecular formula is C28H32N2O3. The summed E-state index contributed by atoms with van der Waals surface area (Å²) in [5.41, 5.74) is 5.58. The van der Waals surface area contributed by atoms with E-state index in [0.29, 0.717) is 13.1 Å². The van der Waals surface area contributed by atoms with Gasteiger partial charge in [-0.05, 0) is 36.6 Å². The molecule has 0 unspecified atom stereocenters. The van der Waals surface area contributed by atoms with Crippen LogP contribution in [0.25, 0.3) is 0 Å². The number of benzene rings is 3. The van der Waals surface area contributed by atoms with Gasteiger partial charge in [-0.2, -0.15) is 0 Å². The number of rotatable bonds is 10. The summed E-state index contributed by atoms with van der Waals surface area (Å²) in [5.74, 6) is 0.807. The molecule has 33 heavy (non-hydrogen) atoms. The highest BCUT2D eigenvalue weighted by atomic mass is 16.6. The van der Waals surface area contributed by atoms with Gasteiger partial charge in [0.25, 0.3) is 0 Å². The Balaban J connectivity index is 1.37. The van der Waals surface area contributed by atoms with Gasteiger partial charge >= 0.3 is 0 Å². The number of para-hydroxylation sites is 1. The van der Waals surface area contributed by atoms with Gasteiger partial charge in [-0.25, -0.2) is 0 Å². The standard InChI is InChI=1S/C28H32N2O3/c1-21-10-6-8-14-26(21)27-16-25(33-29-27)19-30(17-23-12-4-3-5-13-23)18-24(31)20-32-28-15-9-7-11-22(28)2/h3-15,24-25,31H,16-20H2,1-2H3/t24-,25-/m1/s1. The number of nitrogens with zero attached hydrogens (tertiary/aromatic N) is 2. The lowest BCUT2D eigenvalue weighted by molar-refractivity contribution is 0.0212. The smallest absolute Gasteiger partial charge is 0.145 e. The first-order chi connectivity index (χ1) is 16.1. The summed E-state index contributed by atoms with van der Waals surface area (Å²) in [4.78, 5) is 8.03. The third-order valence-electron chi connectivity index (χ3n) is 5.89.